The molecule has 1 aromatic heterocycles. The van der Waals surface area contributed by atoms with Crippen LogP contribution in [0.4, 0.5) is 0 Å². The van der Waals surface area contributed by atoms with Gasteiger partial charge in [0.2, 0.25) is 0 Å². The summed E-state index contributed by atoms with van der Waals surface area (Å²) in [6.07, 6.45) is 5.67. The number of hydrogen-bond donors (Lipinski definition) is 2. The summed E-state index contributed by atoms with van der Waals surface area (Å²) in [7, 11) is 0. The molecule has 0 unspecified atom stereocenters. The van der Waals surface area contributed by atoms with Gasteiger partial charge in [0, 0.05) is 24.8 Å². The Kier molecular flexibility index (Phi) is 9.13. The number of cyclic esters (lactones) is 1. The van der Waals surface area contributed by atoms with Crippen LogP contribution < -0.4 is 0 Å². The molecule has 9 heteroatoms. The van der Waals surface area contributed by atoms with Crippen LogP contribution in [-0.2, 0) is 19.1 Å². The zero-order valence-corrected chi connectivity index (χ0v) is 23.4. The van der Waals surface area contributed by atoms with Crippen molar-refractivity contribution in [2.75, 3.05) is 6.26 Å². The van der Waals surface area contributed by atoms with Gasteiger partial charge in [0.05, 0.1) is 41.4 Å². The summed E-state index contributed by atoms with van der Waals surface area (Å²) in [5.74, 6) is -1.57. The van der Waals surface area contributed by atoms with Gasteiger partial charge in [-0.3, -0.25) is 9.59 Å². The fourth-order valence-corrected chi connectivity index (χ4v) is 5.48. The molecule has 8 nitrogen and oxygen atoms in total. The van der Waals surface area contributed by atoms with Gasteiger partial charge in [-0.05, 0) is 62.3 Å². The van der Waals surface area contributed by atoms with Crippen LogP contribution in [0.2, 0.25) is 0 Å². The molecule has 0 amide bonds. The Hall–Kier alpha value is -1.68. The highest BCUT2D eigenvalue weighted by Gasteiger charge is 2.53. The summed E-state index contributed by atoms with van der Waals surface area (Å²) in [5.41, 5.74) is 0.0804. The molecule has 2 saturated heterocycles. The molecule has 2 aliphatic rings. The van der Waals surface area contributed by atoms with Crippen molar-refractivity contribution >= 4 is 29.8 Å². The number of rotatable bonds is 3. The molecular weight excluding hydrogens is 480 g/mol. The number of carbonyl (C=O) groups excluding carboxylic acids is 2. The standard InChI is InChI=1S/C27H42N2O6S/c1-16-9-8-11-27(6)22(35-27)14-20(17(2)13-19-10-12-29(28-19)36-7)34-23(31)15-21(30)26(4,5)25(33)18(3)24(16)32/h10,12-13,16,18,20-22,24,30,32H,8-9,11,14-15H2,1-7H3/b17-13+/t16-,18+,20-,21-,22-,24-,27+/m0/s1. The van der Waals surface area contributed by atoms with Gasteiger partial charge in [0.1, 0.15) is 11.9 Å². The van der Waals surface area contributed by atoms with Crippen LogP contribution in [0.1, 0.15) is 79.3 Å². The lowest BCUT2D eigenvalue weighted by molar-refractivity contribution is -0.154. The Balaban J connectivity index is 1.85. The molecule has 2 N–H and O–H groups in total. The molecule has 0 saturated carbocycles. The van der Waals surface area contributed by atoms with E-state index in [1.165, 1.54) is 11.9 Å². The molecule has 0 bridgehead atoms. The predicted octanol–water partition coefficient (Wildman–Crippen LogP) is 4.04. The van der Waals surface area contributed by atoms with Crippen LogP contribution in [0.15, 0.2) is 17.8 Å². The number of ketones is 1. The summed E-state index contributed by atoms with van der Waals surface area (Å²) in [4.78, 5) is 26.2. The fraction of sp³-hybridized carbons (Fsp3) is 0.741. The first-order valence-electron chi connectivity index (χ1n) is 12.8. The summed E-state index contributed by atoms with van der Waals surface area (Å²) in [6.45, 7) is 10.9. The number of carbonyl (C=O) groups is 2. The molecule has 7 atom stereocenters. The number of aliphatic hydroxyl groups is 2. The van der Waals surface area contributed by atoms with E-state index in [0.29, 0.717) is 6.42 Å². The zero-order chi connectivity index (χ0) is 26.8. The van der Waals surface area contributed by atoms with Crippen LogP contribution in [0.25, 0.3) is 6.08 Å². The van der Waals surface area contributed by atoms with Gasteiger partial charge < -0.3 is 19.7 Å². The van der Waals surface area contributed by atoms with Crippen molar-refractivity contribution in [2.24, 2.45) is 17.3 Å². The Bertz CT molecular complexity index is 975. The fourth-order valence-electron chi connectivity index (χ4n) is 5.12. The van der Waals surface area contributed by atoms with Crippen LogP contribution in [0.5, 0.6) is 0 Å². The van der Waals surface area contributed by atoms with E-state index in [1.807, 2.05) is 38.4 Å². The molecular formula is C27H42N2O6S. The van der Waals surface area contributed by atoms with E-state index >= 15 is 0 Å². The van der Waals surface area contributed by atoms with E-state index < -0.39 is 35.6 Å². The van der Waals surface area contributed by atoms with E-state index in [0.717, 1.165) is 30.5 Å². The number of aromatic nitrogens is 2. The van der Waals surface area contributed by atoms with Gasteiger partial charge in [0.15, 0.2) is 0 Å². The van der Waals surface area contributed by atoms with E-state index in [-0.39, 0.29) is 29.8 Å². The molecule has 3 rings (SSSR count). The first kappa shape index (κ1) is 28.9. The zero-order valence-electron chi connectivity index (χ0n) is 22.6. The second-order valence-corrected chi connectivity index (χ2v) is 12.0. The van der Waals surface area contributed by atoms with Gasteiger partial charge in [0.25, 0.3) is 0 Å². The third-order valence-electron chi connectivity index (χ3n) is 8.06. The molecule has 0 spiro atoms. The van der Waals surface area contributed by atoms with E-state index in [2.05, 4.69) is 12.0 Å². The lowest BCUT2D eigenvalue weighted by Gasteiger charge is -2.34. The predicted molar refractivity (Wildman–Crippen MR) is 140 cm³/mol. The van der Waals surface area contributed by atoms with Crippen molar-refractivity contribution in [1.82, 2.24) is 9.19 Å². The maximum Gasteiger partial charge on any atom is 0.309 e. The number of Topliss-reactive ketones (excluding diaryl/α,β-unsaturated/α-hetero) is 1. The molecule has 0 aromatic carbocycles. The number of esters is 1. The molecule has 2 fully saturated rings. The molecule has 3 heterocycles. The van der Waals surface area contributed by atoms with Crippen molar-refractivity contribution in [3.63, 3.8) is 0 Å². The third-order valence-corrected chi connectivity index (χ3v) is 8.64. The first-order valence-corrected chi connectivity index (χ1v) is 14.0. The number of ether oxygens (including phenoxy) is 2. The molecule has 202 valence electrons. The molecule has 2 aliphatic heterocycles. The van der Waals surface area contributed by atoms with Crippen molar-refractivity contribution in [3.8, 4) is 0 Å². The first-order chi connectivity index (χ1) is 16.8. The molecule has 1 aromatic rings. The minimum absolute atomic E-state index is 0.0580. The van der Waals surface area contributed by atoms with Gasteiger partial charge in [-0.25, -0.2) is 4.09 Å². The van der Waals surface area contributed by atoms with E-state index in [4.69, 9.17) is 9.47 Å². The van der Waals surface area contributed by atoms with Crippen LogP contribution in [0, 0.1) is 17.3 Å². The van der Waals surface area contributed by atoms with Crippen LogP contribution >= 0.6 is 11.9 Å². The Labute approximate surface area is 218 Å². The summed E-state index contributed by atoms with van der Waals surface area (Å²) >= 11 is 1.48. The quantitative estimate of drug-likeness (QED) is 0.452. The highest BCUT2D eigenvalue weighted by atomic mass is 32.2. The molecule has 0 radical (unpaired) electrons. The van der Waals surface area contributed by atoms with Crippen molar-refractivity contribution in [1.29, 1.82) is 0 Å². The number of aliphatic hydroxyl groups excluding tert-OH is 2. The SMILES string of the molecule is CSn1ccc(/C=C(\C)[C@@H]2C[C@@H]3O[C@]3(C)CCC[C@H](C)[C@H](O)[C@@H](C)C(=O)C(C)(C)[C@@H](O)CC(=O)O2)n1. The number of nitrogens with zero attached hydrogens (tertiary/aromatic N) is 2. The monoisotopic (exact) mass is 522 g/mol. The number of hydrogen-bond acceptors (Lipinski definition) is 8. The average Bonchev–Trinajstić information content (AvgIpc) is 3.23. The summed E-state index contributed by atoms with van der Waals surface area (Å²) in [5, 5.41) is 26.2. The highest BCUT2D eigenvalue weighted by molar-refractivity contribution is 7.97. The third kappa shape index (κ3) is 6.60. The van der Waals surface area contributed by atoms with Crippen molar-refractivity contribution < 1.29 is 29.3 Å². The minimum atomic E-state index is -1.24. The van der Waals surface area contributed by atoms with Crippen molar-refractivity contribution in [3.05, 3.63) is 23.5 Å². The maximum atomic E-state index is 13.2. The lowest BCUT2D eigenvalue weighted by Crippen LogP contribution is -2.45. The maximum absolute atomic E-state index is 13.2. The van der Waals surface area contributed by atoms with Gasteiger partial charge in [-0.1, -0.05) is 34.1 Å². The Morgan fingerprint density at radius 3 is 2.58 bits per heavy atom. The molecule has 36 heavy (non-hydrogen) atoms. The van der Waals surface area contributed by atoms with Gasteiger partial charge in [-0.2, -0.15) is 5.10 Å². The highest BCUT2D eigenvalue weighted by Crippen LogP contribution is 2.45. The Morgan fingerprint density at radius 1 is 1.25 bits per heavy atom. The lowest BCUT2D eigenvalue weighted by atomic mass is 9.73. The topological polar surface area (TPSA) is 114 Å². The second kappa shape index (κ2) is 11.4. The molecule has 0 aliphatic carbocycles. The second-order valence-electron chi connectivity index (χ2n) is 11.3. The van der Waals surface area contributed by atoms with Gasteiger partial charge in [-0.15, -0.1) is 0 Å². The van der Waals surface area contributed by atoms with Gasteiger partial charge >= 0.3 is 5.97 Å². The van der Waals surface area contributed by atoms with Crippen LogP contribution in [0.3, 0.4) is 0 Å². The van der Waals surface area contributed by atoms with E-state index in [9.17, 15) is 19.8 Å². The normalized spacial score (nSPS) is 36.8. The summed E-state index contributed by atoms with van der Waals surface area (Å²) < 4.78 is 13.7. The average molecular weight is 523 g/mol. The largest absolute Gasteiger partial charge is 0.458 e. The number of epoxide rings is 1. The minimum Gasteiger partial charge on any atom is -0.458 e. The van der Waals surface area contributed by atoms with Crippen LogP contribution in [-0.4, -0.2) is 67.4 Å². The smallest absolute Gasteiger partial charge is 0.309 e. The van der Waals surface area contributed by atoms with E-state index in [1.54, 1.807) is 24.9 Å². The Morgan fingerprint density at radius 2 is 1.94 bits per heavy atom. The van der Waals surface area contributed by atoms with Crippen molar-refractivity contribution in [2.45, 2.75) is 104 Å². The number of fused-ring (bicyclic) bond motifs is 1. The summed E-state index contributed by atoms with van der Waals surface area (Å²) in [6, 6.07) is 1.89.